The van der Waals surface area contributed by atoms with Gasteiger partial charge in [-0.05, 0) is 51.0 Å². The zero-order valence-electron chi connectivity index (χ0n) is 14.1. The smallest absolute Gasteiger partial charge is 0.254 e. The van der Waals surface area contributed by atoms with Gasteiger partial charge in [-0.15, -0.1) is 0 Å². The molecule has 130 valence electrons. The molecule has 0 aromatic heterocycles. The molecule has 3 N–H and O–H groups in total. The normalized spacial score (nSPS) is 20.4. The number of ether oxygens (including phenoxy) is 1. The average Bonchev–Trinajstić information content (AvgIpc) is 2.54. The quantitative estimate of drug-likeness (QED) is 0.799. The van der Waals surface area contributed by atoms with Crippen LogP contribution >= 0.6 is 0 Å². The Kier molecular flexibility index (Phi) is 5.62. The highest BCUT2D eigenvalue weighted by Gasteiger charge is 2.40. The number of hydrogen-bond donors (Lipinski definition) is 2. The van der Waals surface area contributed by atoms with Gasteiger partial charge in [-0.25, -0.2) is 0 Å². The summed E-state index contributed by atoms with van der Waals surface area (Å²) in [6.45, 7) is 4.81. The van der Waals surface area contributed by atoms with E-state index in [1.54, 1.807) is 24.3 Å². The van der Waals surface area contributed by atoms with Gasteiger partial charge in [0.2, 0.25) is 0 Å². The van der Waals surface area contributed by atoms with E-state index in [4.69, 9.17) is 10.5 Å². The van der Waals surface area contributed by atoms with Crippen LogP contribution in [0.2, 0.25) is 0 Å². The van der Waals surface area contributed by atoms with Gasteiger partial charge >= 0.3 is 0 Å². The number of carbonyl (C=O) groups is 2. The highest BCUT2D eigenvalue weighted by atomic mass is 16.5. The van der Waals surface area contributed by atoms with Gasteiger partial charge in [0.1, 0.15) is 12.4 Å². The fourth-order valence-electron chi connectivity index (χ4n) is 2.62. The molecule has 0 spiro atoms. The van der Waals surface area contributed by atoms with Crippen LogP contribution in [0.3, 0.4) is 0 Å². The molecule has 1 aromatic carbocycles. The van der Waals surface area contributed by atoms with Gasteiger partial charge in [-0.3, -0.25) is 9.59 Å². The van der Waals surface area contributed by atoms with Crippen molar-refractivity contribution >= 4 is 11.8 Å². The second-order valence-corrected chi connectivity index (χ2v) is 6.35. The summed E-state index contributed by atoms with van der Waals surface area (Å²) in [4.78, 5) is 25.5. The number of aliphatic hydroxyl groups is 1. The molecule has 6 nitrogen and oxygen atoms in total. The van der Waals surface area contributed by atoms with Crippen LogP contribution in [0.25, 0.3) is 0 Å². The van der Waals surface area contributed by atoms with Gasteiger partial charge < -0.3 is 20.5 Å². The van der Waals surface area contributed by atoms with Crippen LogP contribution in [-0.4, -0.2) is 47.1 Å². The third-order valence-corrected chi connectivity index (χ3v) is 4.04. The second-order valence-electron chi connectivity index (χ2n) is 6.35. The summed E-state index contributed by atoms with van der Waals surface area (Å²) in [5.41, 5.74) is 5.22. The first kappa shape index (κ1) is 18.0. The number of hydrogen-bond acceptors (Lipinski definition) is 4. The number of β-amino-alcohol motifs (C(OH)–C–C–N with tert-alkyl or cyclic N) is 1. The molecule has 1 heterocycles. The Morgan fingerprint density at radius 2 is 2.17 bits per heavy atom. The van der Waals surface area contributed by atoms with Gasteiger partial charge in [0.25, 0.3) is 11.8 Å². The minimum atomic E-state index is -1.65. The number of benzene rings is 1. The van der Waals surface area contributed by atoms with Crippen molar-refractivity contribution in [3.05, 3.63) is 41.5 Å². The maximum atomic E-state index is 12.6. The monoisotopic (exact) mass is 332 g/mol. The molecule has 1 aromatic rings. The molecule has 6 heteroatoms. The first-order chi connectivity index (χ1) is 11.3. The number of piperidine rings is 1. The number of nitrogens with two attached hydrogens (primary N) is 1. The van der Waals surface area contributed by atoms with E-state index in [0.29, 0.717) is 30.9 Å². The molecule has 2 rings (SSSR count). The number of allylic oxidation sites excluding steroid dienone is 1. The summed E-state index contributed by atoms with van der Waals surface area (Å²) in [6.07, 6.45) is 2.76. The minimum Gasteiger partial charge on any atom is -0.490 e. The Morgan fingerprint density at radius 3 is 2.83 bits per heavy atom. The molecule has 2 amide bonds. The van der Waals surface area contributed by atoms with Crippen LogP contribution in [0.1, 0.15) is 37.0 Å². The van der Waals surface area contributed by atoms with E-state index >= 15 is 0 Å². The molecule has 1 aliphatic rings. The lowest BCUT2D eigenvalue weighted by Crippen LogP contribution is -2.57. The SMILES string of the molecule is CC(C)=CCOc1cccc(C(=O)N2CCC[C@](O)(C(N)=O)C2)c1. The van der Waals surface area contributed by atoms with E-state index < -0.39 is 11.5 Å². The summed E-state index contributed by atoms with van der Waals surface area (Å²) in [5, 5.41) is 10.2. The number of amides is 2. The zero-order valence-corrected chi connectivity index (χ0v) is 14.1. The standard InChI is InChI=1S/C18H24N2O4/c1-13(2)7-10-24-15-6-3-5-14(11-15)16(21)20-9-4-8-18(23,12-20)17(19)22/h3,5-7,11,23H,4,8-10,12H2,1-2H3,(H2,19,22)/t18-/m1/s1. The minimum absolute atomic E-state index is 0.0793. The first-order valence-electron chi connectivity index (χ1n) is 7.99. The van der Waals surface area contributed by atoms with Gasteiger partial charge in [0.05, 0.1) is 6.54 Å². The number of nitrogens with zero attached hydrogens (tertiary/aromatic N) is 1. The summed E-state index contributed by atoms with van der Waals surface area (Å²) < 4.78 is 5.60. The van der Waals surface area contributed by atoms with E-state index in [-0.39, 0.29) is 18.9 Å². The molecule has 1 atom stereocenters. The molecule has 0 radical (unpaired) electrons. The average molecular weight is 332 g/mol. The molecule has 1 saturated heterocycles. The van der Waals surface area contributed by atoms with Crippen molar-refractivity contribution < 1.29 is 19.4 Å². The van der Waals surface area contributed by atoms with E-state index in [2.05, 4.69) is 0 Å². The zero-order chi connectivity index (χ0) is 17.7. The fraction of sp³-hybridized carbons (Fsp3) is 0.444. The maximum absolute atomic E-state index is 12.6. The van der Waals surface area contributed by atoms with Crippen LogP contribution < -0.4 is 10.5 Å². The predicted octanol–water partition coefficient (Wildman–Crippen LogP) is 1.48. The van der Waals surface area contributed by atoms with E-state index in [1.165, 1.54) is 4.90 Å². The number of carbonyl (C=O) groups excluding carboxylic acids is 2. The Bertz CT molecular complexity index is 652. The van der Waals surface area contributed by atoms with Crippen LogP contribution in [0, 0.1) is 0 Å². The Hall–Kier alpha value is -2.34. The molecular weight excluding hydrogens is 308 g/mol. The van der Waals surface area contributed by atoms with E-state index in [9.17, 15) is 14.7 Å². The Morgan fingerprint density at radius 1 is 1.42 bits per heavy atom. The fourth-order valence-corrected chi connectivity index (χ4v) is 2.62. The van der Waals surface area contributed by atoms with Gasteiger partial charge in [-0.2, -0.15) is 0 Å². The first-order valence-corrected chi connectivity index (χ1v) is 7.99. The van der Waals surface area contributed by atoms with E-state index in [1.807, 2.05) is 19.9 Å². The lowest BCUT2D eigenvalue weighted by molar-refractivity contribution is -0.140. The molecule has 0 bridgehead atoms. The third kappa shape index (κ3) is 4.35. The molecule has 24 heavy (non-hydrogen) atoms. The summed E-state index contributed by atoms with van der Waals surface area (Å²) in [7, 11) is 0. The molecule has 0 saturated carbocycles. The van der Waals surface area contributed by atoms with Crippen molar-refractivity contribution in [3.63, 3.8) is 0 Å². The molecular formula is C18H24N2O4. The maximum Gasteiger partial charge on any atom is 0.254 e. The van der Waals surface area contributed by atoms with Crippen molar-refractivity contribution in [1.82, 2.24) is 4.90 Å². The Labute approximate surface area is 141 Å². The van der Waals surface area contributed by atoms with E-state index in [0.717, 1.165) is 5.57 Å². The number of likely N-dealkylation sites (tertiary alicyclic amines) is 1. The van der Waals surface area contributed by atoms with Gasteiger partial charge in [-0.1, -0.05) is 11.6 Å². The molecule has 1 aliphatic heterocycles. The van der Waals surface area contributed by atoms with Crippen molar-refractivity contribution in [1.29, 1.82) is 0 Å². The van der Waals surface area contributed by atoms with Crippen LogP contribution in [0.5, 0.6) is 5.75 Å². The van der Waals surface area contributed by atoms with Crippen LogP contribution in [-0.2, 0) is 4.79 Å². The third-order valence-electron chi connectivity index (χ3n) is 4.04. The molecule has 1 fully saturated rings. The lowest BCUT2D eigenvalue weighted by Gasteiger charge is -2.37. The van der Waals surface area contributed by atoms with Crippen molar-refractivity contribution in [2.24, 2.45) is 5.73 Å². The van der Waals surface area contributed by atoms with Crippen molar-refractivity contribution in [3.8, 4) is 5.75 Å². The molecule has 0 aliphatic carbocycles. The van der Waals surface area contributed by atoms with Crippen LogP contribution in [0.4, 0.5) is 0 Å². The van der Waals surface area contributed by atoms with Gasteiger partial charge in [0, 0.05) is 12.1 Å². The largest absolute Gasteiger partial charge is 0.490 e. The number of primary amides is 1. The van der Waals surface area contributed by atoms with Crippen molar-refractivity contribution in [2.75, 3.05) is 19.7 Å². The van der Waals surface area contributed by atoms with Crippen molar-refractivity contribution in [2.45, 2.75) is 32.3 Å². The molecule has 0 unspecified atom stereocenters. The number of rotatable bonds is 5. The second kappa shape index (κ2) is 7.49. The highest BCUT2D eigenvalue weighted by Crippen LogP contribution is 2.23. The van der Waals surface area contributed by atoms with Gasteiger partial charge in [0.15, 0.2) is 5.60 Å². The van der Waals surface area contributed by atoms with Crippen LogP contribution in [0.15, 0.2) is 35.9 Å². The summed E-state index contributed by atoms with van der Waals surface area (Å²) in [5.74, 6) is -0.443. The summed E-state index contributed by atoms with van der Waals surface area (Å²) >= 11 is 0. The Balaban J connectivity index is 2.09. The summed E-state index contributed by atoms with van der Waals surface area (Å²) in [6, 6.07) is 6.88. The topological polar surface area (TPSA) is 92.9 Å². The predicted molar refractivity (Wildman–Crippen MR) is 90.6 cm³/mol. The highest BCUT2D eigenvalue weighted by molar-refractivity contribution is 5.95. The lowest BCUT2D eigenvalue weighted by atomic mass is 9.92.